The van der Waals surface area contributed by atoms with Crippen LogP contribution in [0.2, 0.25) is 0 Å². The Morgan fingerprint density at radius 2 is 2.18 bits per heavy atom. The van der Waals surface area contributed by atoms with E-state index in [1.165, 1.54) is 0 Å². The molecule has 1 unspecified atom stereocenters. The lowest BCUT2D eigenvalue weighted by Gasteiger charge is -2.33. The Kier molecular flexibility index (Phi) is 5.93. The molecule has 0 saturated carbocycles. The van der Waals surface area contributed by atoms with E-state index in [-0.39, 0.29) is 12.0 Å². The van der Waals surface area contributed by atoms with Crippen molar-refractivity contribution in [3.05, 3.63) is 35.4 Å². The molecule has 1 aromatic rings. The second-order valence-corrected chi connectivity index (χ2v) is 6.05. The van der Waals surface area contributed by atoms with Crippen LogP contribution in [0.4, 0.5) is 0 Å². The van der Waals surface area contributed by atoms with E-state index in [4.69, 9.17) is 10.00 Å². The molecule has 5 heteroatoms. The summed E-state index contributed by atoms with van der Waals surface area (Å²) in [6, 6.07) is 8.67. The third kappa shape index (κ3) is 4.83. The van der Waals surface area contributed by atoms with Gasteiger partial charge in [0.05, 0.1) is 24.3 Å². The van der Waals surface area contributed by atoms with Crippen LogP contribution < -0.4 is 5.32 Å². The fourth-order valence-electron chi connectivity index (χ4n) is 2.59. The van der Waals surface area contributed by atoms with Crippen molar-refractivity contribution < 1.29 is 9.53 Å². The third-order valence-electron chi connectivity index (χ3n) is 3.61. The van der Waals surface area contributed by atoms with Crippen LogP contribution in [-0.4, -0.2) is 49.7 Å². The Labute approximate surface area is 131 Å². The van der Waals surface area contributed by atoms with E-state index in [9.17, 15) is 4.79 Å². The number of rotatable bonds is 5. The van der Waals surface area contributed by atoms with E-state index in [0.717, 1.165) is 19.6 Å². The lowest BCUT2D eigenvalue weighted by molar-refractivity contribution is -0.0295. The number of benzene rings is 1. The van der Waals surface area contributed by atoms with Crippen molar-refractivity contribution in [1.82, 2.24) is 10.2 Å². The molecule has 0 aliphatic carbocycles. The zero-order valence-electron chi connectivity index (χ0n) is 13.2. The average Bonchev–Trinajstić information content (AvgIpc) is 2.52. The Morgan fingerprint density at radius 3 is 2.82 bits per heavy atom. The fourth-order valence-corrected chi connectivity index (χ4v) is 2.59. The molecule has 0 spiro atoms. The summed E-state index contributed by atoms with van der Waals surface area (Å²) in [5.41, 5.74) is 1.12. The molecule has 1 N–H and O–H groups in total. The molecule has 2 rings (SSSR count). The summed E-state index contributed by atoms with van der Waals surface area (Å²) in [4.78, 5) is 14.5. The van der Waals surface area contributed by atoms with Crippen LogP contribution in [0.25, 0.3) is 0 Å². The van der Waals surface area contributed by atoms with Crippen LogP contribution in [0.5, 0.6) is 0 Å². The predicted molar refractivity (Wildman–Crippen MR) is 84.5 cm³/mol. The summed E-state index contributed by atoms with van der Waals surface area (Å²) in [6.07, 6.45) is 0.0369. The van der Waals surface area contributed by atoms with Crippen molar-refractivity contribution in [2.24, 2.45) is 5.92 Å². The molecule has 118 valence electrons. The van der Waals surface area contributed by atoms with Gasteiger partial charge in [-0.05, 0) is 30.2 Å². The first-order valence-electron chi connectivity index (χ1n) is 7.71. The zero-order valence-corrected chi connectivity index (χ0v) is 13.2. The van der Waals surface area contributed by atoms with E-state index in [0.29, 0.717) is 30.2 Å². The van der Waals surface area contributed by atoms with Gasteiger partial charge >= 0.3 is 0 Å². The first kappa shape index (κ1) is 16.5. The summed E-state index contributed by atoms with van der Waals surface area (Å²) in [7, 11) is 0. The molecule has 1 fully saturated rings. The summed E-state index contributed by atoms with van der Waals surface area (Å²) in [5.74, 6) is 0.501. The Bertz CT molecular complexity index is 534. The van der Waals surface area contributed by atoms with Gasteiger partial charge in [0.25, 0.3) is 5.91 Å². The number of nitrogens with zero attached hydrogens (tertiary/aromatic N) is 2. The molecule has 22 heavy (non-hydrogen) atoms. The van der Waals surface area contributed by atoms with Gasteiger partial charge in [0.15, 0.2) is 0 Å². The number of carbonyl (C=O) groups is 1. The molecule has 0 bridgehead atoms. The summed E-state index contributed by atoms with van der Waals surface area (Å²) < 4.78 is 5.71. The van der Waals surface area contributed by atoms with E-state index >= 15 is 0 Å². The monoisotopic (exact) mass is 301 g/mol. The highest BCUT2D eigenvalue weighted by Gasteiger charge is 2.21. The third-order valence-corrected chi connectivity index (χ3v) is 3.61. The summed E-state index contributed by atoms with van der Waals surface area (Å²) in [5, 5.41) is 11.7. The van der Waals surface area contributed by atoms with Crippen LogP contribution in [0.3, 0.4) is 0 Å². The quantitative estimate of drug-likeness (QED) is 0.898. The number of hydrogen-bond donors (Lipinski definition) is 1. The van der Waals surface area contributed by atoms with Gasteiger partial charge in [-0.1, -0.05) is 13.8 Å². The second-order valence-electron chi connectivity index (χ2n) is 6.05. The van der Waals surface area contributed by atoms with Gasteiger partial charge in [0.2, 0.25) is 0 Å². The Balaban J connectivity index is 1.81. The summed E-state index contributed by atoms with van der Waals surface area (Å²) >= 11 is 0. The van der Waals surface area contributed by atoms with Gasteiger partial charge in [-0.3, -0.25) is 9.69 Å². The van der Waals surface area contributed by atoms with E-state index < -0.39 is 0 Å². The first-order chi connectivity index (χ1) is 10.6. The lowest BCUT2D eigenvalue weighted by Crippen LogP contribution is -2.48. The molecule has 1 saturated heterocycles. The van der Waals surface area contributed by atoms with E-state index in [1.54, 1.807) is 24.3 Å². The first-order valence-corrected chi connectivity index (χ1v) is 7.71. The van der Waals surface area contributed by atoms with Crippen molar-refractivity contribution in [2.45, 2.75) is 20.0 Å². The lowest BCUT2D eigenvalue weighted by atomic mass is 10.1. The summed E-state index contributed by atoms with van der Waals surface area (Å²) in [6.45, 7) is 8.50. The number of ether oxygens (including phenoxy) is 1. The second kappa shape index (κ2) is 7.92. The van der Waals surface area contributed by atoms with Crippen molar-refractivity contribution in [1.29, 1.82) is 5.26 Å². The maximum Gasteiger partial charge on any atom is 0.251 e. The molecule has 1 aromatic carbocycles. The maximum absolute atomic E-state index is 12.1. The normalized spacial score (nSPS) is 18.9. The van der Waals surface area contributed by atoms with Gasteiger partial charge in [0.1, 0.15) is 0 Å². The molecular formula is C17H23N3O2. The Morgan fingerprint density at radius 1 is 1.45 bits per heavy atom. The smallest absolute Gasteiger partial charge is 0.251 e. The van der Waals surface area contributed by atoms with Crippen molar-refractivity contribution in [3.63, 3.8) is 0 Å². The minimum absolute atomic E-state index is 0.0369. The van der Waals surface area contributed by atoms with Crippen LogP contribution in [0.1, 0.15) is 29.8 Å². The standard InChI is InChI=1S/C17H23N3O2/c1-13(2)11-20-7-8-22-16(12-20)10-19-17(21)15-5-3-14(9-18)4-6-15/h3-6,13,16H,7-8,10-12H2,1-2H3,(H,19,21). The van der Waals surface area contributed by atoms with Crippen molar-refractivity contribution >= 4 is 5.91 Å². The highest BCUT2D eigenvalue weighted by Crippen LogP contribution is 2.08. The van der Waals surface area contributed by atoms with Gasteiger partial charge in [0, 0.05) is 31.7 Å². The van der Waals surface area contributed by atoms with Crippen LogP contribution in [0, 0.1) is 17.2 Å². The van der Waals surface area contributed by atoms with E-state index in [2.05, 4.69) is 24.1 Å². The molecule has 1 aliphatic heterocycles. The maximum atomic E-state index is 12.1. The molecular weight excluding hydrogens is 278 g/mol. The Hall–Kier alpha value is -1.90. The predicted octanol–water partition coefficient (Wildman–Crippen LogP) is 1.64. The minimum Gasteiger partial charge on any atom is -0.374 e. The SMILES string of the molecule is CC(C)CN1CCOC(CNC(=O)c2ccc(C#N)cc2)C1. The highest BCUT2D eigenvalue weighted by atomic mass is 16.5. The molecule has 0 radical (unpaired) electrons. The van der Waals surface area contributed by atoms with Crippen molar-refractivity contribution in [2.75, 3.05) is 32.8 Å². The minimum atomic E-state index is -0.130. The van der Waals surface area contributed by atoms with Crippen LogP contribution in [0.15, 0.2) is 24.3 Å². The number of hydrogen-bond acceptors (Lipinski definition) is 4. The van der Waals surface area contributed by atoms with Crippen LogP contribution in [-0.2, 0) is 4.74 Å². The zero-order chi connectivity index (χ0) is 15.9. The number of carbonyl (C=O) groups excluding carboxylic acids is 1. The van der Waals surface area contributed by atoms with Crippen molar-refractivity contribution in [3.8, 4) is 6.07 Å². The highest BCUT2D eigenvalue weighted by molar-refractivity contribution is 5.94. The van der Waals surface area contributed by atoms with Gasteiger partial charge < -0.3 is 10.1 Å². The number of amides is 1. The topological polar surface area (TPSA) is 65.4 Å². The number of morpholine rings is 1. The average molecular weight is 301 g/mol. The number of nitrogens with one attached hydrogen (secondary N) is 1. The van der Waals surface area contributed by atoms with Crippen LogP contribution >= 0.6 is 0 Å². The molecule has 1 aliphatic rings. The van der Waals surface area contributed by atoms with Gasteiger partial charge in [-0.15, -0.1) is 0 Å². The molecule has 5 nitrogen and oxygen atoms in total. The molecule has 1 atom stereocenters. The largest absolute Gasteiger partial charge is 0.374 e. The van der Waals surface area contributed by atoms with Gasteiger partial charge in [-0.2, -0.15) is 5.26 Å². The fraction of sp³-hybridized carbons (Fsp3) is 0.529. The molecule has 0 aromatic heterocycles. The van der Waals surface area contributed by atoms with E-state index in [1.807, 2.05) is 6.07 Å². The molecule has 1 heterocycles. The number of nitriles is 1. The van der Waals surface area contributed by atoms with Gasteiger partial charge in [-0.25, -0.2) is 0 Å². The molecule has 1 amide bonds.